The average molecular weight is 326 g/mol. The first-order valence-corrected chi connectivity index (χ1v) is 8.96. The third-order valence-corrected chi connectivity index (χ3v) is 5.10. The highest BCUT2D eigenvalue weighted by Crippen LogP contribution is 2.24. The summed E-state index contributed by atoms with van der Waals surface area (Å²) in [6.07, 6.45) is 2.86. The SMILES string of the molecule is Cc1ccc(S(=O)(=O)OCCCCC2CC(C)C(=O)O2)cc1. The normalized spacial score (nSPS) is 21.8. The zero-order valence-electron chi connectivity index (χ0n) is 12.9. The number of carbonyl (C=O) groups excluding carboxylic acids is 1. The van der Waals surface area contributed by atoms with Crippen molar-refractivity contribution in [2.24, 2.45) is 5.92 Å². The highest BCUT2D eigenvalue weighted by molar-refractivity contribution is 7.86. The quantitative estimate of drug-likeness (QED) is 0.438. The summed E-state index contributed by atoms with van der Waals surface area (Å²) in [5.74, 6) is -0.161. The molecule has 2 unspecified atom stereocenters. The number of hydrogen-bond acceptors (Lipinski definition) is 5. The molecule has 122 valence electrons. The van der Waals surface area contributed by atoms with Crippen LogP contribution >= 0.6 is 0 Å². The number of carbonyl (C=O) groups is 1. The van der Waals surface area contributed by atoms with Gasteiger partial charge in [0.15, 0.2) is 0 Å². The lowest BCUT2D eigenvalue weighted by Gasteiger charge is -2.09. The van der Waals surface area contributed by atoms with Gasteiger partial charge < -0.3 is 4.74 Å². The monoisotopic (exact) mass is 326 g/mol. The Kier molecular flexibility index (Phi) is 5.58. The smallest absolute Gasteiger partial charge is 0.309 e. The van der Waals surface area contributed by atoms with Crippen LogP contribution in [0, 0.1) is 12.8 Å². The molecule has 22 heavy (non-hydrogen) atoms. The van der Waals surface area contributed by atoms with E-state index < -0.39 is 10.1 Å². The Labute approximate surface area is 131 Å². The molecule has 0 bridgehead atoms. The fourth-order valence-corrected chi connectivity index (χ4v) is 3.35. The van der Waals surface area contributed by atoms with Gasteiger partial charge in [-0.25, -0.2) is 0 Å². The van der Waals surface area contributed by atoms with E-state index in [1.807, 2.05) is 13.8 Å². The summed E-state index contributed by atoms with van der Waals surface area (Å²) in [6.45, 7) is 3.90. The van der Waals surface area contributed by atoms with Crippen LogP contribution in [-0.4, -0.2) is 27.1 Å². The summed E-state index contributed by atoms with van der Waals surface area (Å²) >= 11 is 0. The van der Waals surface area contributed by atoms with Gasteiger partial charge in [-0.3, -0.25) is 8.98 Å². The van der Waals surface area contributed by atoms with Crippen molar-refractivity contribution in [3.63, 3.8) is 0 Å². The van der Waals surface area contributed by atoms with Gasteiger partial charge in [0.25, 0.3) is 10.1 Å². The maximum absolute atomic E-state index is 12.0. The molecule has 0 spiro atoms. The molecule has 0 radical (unpaired) electrons. The van der Waals surface area contributed by atoms with Crippen LogP contribution < -0.4 is 0 Å². The lowest BCUT2D eigenvalue weighted by molar-refractivity contribution is -0.144. The lowest BCUT2D eigenvalue weighted by Crippen LogP contribution is -2.09. The van der Waals surface area contributed by atoms with Gasteiger partial charge in [-0.05, 0) is 44.7 Å². The molecule has 0 aromatic heterocycles. The molecular formula is C16H22O5S. The molecule has 1 aromatic carbocycles. The molecule has 0 saturated carbocycles. The Balaban J connectivity index is 1.70. The second-order valence-corrected chi connectivity index (χ2v) is 7.40. The van der Waals surface area contributed by atoms with Gasteiger partial charge in [-0.1, -0.05) is 24.6 Å². The molecule has 1 aliphatic heterocycles. The third-order valence-electron chi connectivity index (χ3n) is 3.77. The van der Waals surface area contributed by atoms with Crippen molar-refractivity contribution in [2.45, 2.75) is 50.5 Å². The Morgan fingerprint density at radius 2 is 1.91 bits per heavy atom. The number of unbranched alkanes of at least 4 members (excludes halogenated alkanes) is 1. The third kappa shape index (κ3) is 4.55. The molecule has 1 heterocycles. The average Bonchev–Trinajstić information content (AvgIpc) is 2.77. The molecule has 2 rings (SSSR count). The Bertz CT molecular complexity index is 606. The minimum atomic E-state index is -3.68. The summed E-state index contributed by atoms with van der Waals surface area (Å²) in [6, 6.07) is 6.58. The van der Waals surface area contributed by atoms with Gasteiger partial charge in [0.2, 0.25) is 0 Å². The van der Waals surface area contributed by atoms with Crippen LogP contribution in [-0.2, 0) is 23.8 Å². The second kappa shape index (κ2) is 7.24. The van der Waals surface area contributed by atoms with Crippen LogP contribution in [0.2, 0.25) is 0 Å². The highest BCUT2D eigenvalue weighted by atomic mass is 32.2. The van der Waals surface area contributed by atoms with Crippen molar-refractivity contribution in [3.05, 3.63) is 29.8 Å². The van der Waals surface area contributed by atoms with E-state index in [0.717, 1.165) is 24.8 Å². The number of ether oxygens (including phenoxy) is 1. The van der Waals surface area contributed by atoms with Gasteiger partial charge in [0.05, 0.1) is 17.4 Å². The Morgan fingerprint density at radius 3 is 2.50 bits per heavy atom. The van der Waals surface area contributed by atoms with E-state index in [4.69, 9.17) is 8.92 Å². The summed E-state index contributed by atoms with van der Waals surface area (Å²) in [7, 11) is -3.68. The van der Waals surface area contributed by atoms with E-state index in [1.165, 1.54) is 0 Å². The predicted molar refractivity (Wildman–Crippen MR) is 81.8 cm³/mol. The molecule has 1 fully saturated rings. The minimum absolute atomic E-state index is 0.0248. The van der Waals surface area contributed by atoms with Gasteiger partial charge in [-0.15, -0.1) is 0 Å². The number of hydrogen-bond donors (Lipinski definition) is 0. The van der Waals surface area contributed by atoms with Crippen LogP contribution in [0.5, 0.6) is 0 Å². The maximum atomic E-state index is 12.0. The number of esters is 1. The molecule has 1 aliphatic rings. The highest BCUT2D eigenvalue weighted by Gasteiger charge is 2.30. The van der Waals surface area contributed by atoms with Gasteiger partial charge in [0, 0.05) is 0 Å². The van der Waals surface area contributed by atoms with E-state index >= 15 is 0 Å². The topological polar surface area (TPSA) is 69.7 Å². The lowest BCUT2D eigenvalue weighted by atomic mass is 10.0. The molecule has 1 saturated heterocycles. The molecule has 2 atom stereocenters. The molecule has 1 aromatic rings. The van der Waals surface area contributed by atoms with Crippen LogP contribution in [0.3, 0.4) is 0 Å². The van der Waals surface area contributed by atoms with E-state index in [-0.39, 0.29) is 29.5 Å². The molecule has 0 aliphatic carbocycles. The Morgan fingerprint density at radius 1 is 1.23 bits per heavy atom. The molecule has 5 nitrogen and oxygen atoms in total. The summed E-state index contributed by atoms with van der Waals surface area (Å²) in [5.41, 5.74) is 0.999. The summed E-state index contributed by atoms with van der Waals surface area (Å²) < 4.78 is 34.1. The summed E-state index contributed by atoms with van der Waals surface area (Å²) in [5, 5.41) is 0. The predicted octanol–water partition coefficient (Wildman–Crippen LogP) is 2.82. The molecule has 6 heteroatoms. The van der Waals surface area contributed by atoms with E-state index in [9.17, 15) is 13.2 Å². The largest absolute Gasteiger partial charge is 0.462 e. The number of benzene rings is 1. The maximum Gasteiger partial charge on any atom is 0.309 e. The summed E-state index contributed by atoms with van der Waals surface area (Å²) in [4.78, 5) is 11.4. The van der Waals surface area contributed by atoms with Crippen LogP contribution in [0.1, 0.15) is 38.2 Å². The molecular weight excluding hydrogens is 304 g/mol. The molecule has 0 amide bonds. The van der Waals surface area contributed by atoms with Gasteiger partial charge >= 0.3 is 5.97 Å². The zero-order chi connectivity index (χ0) is 16.2. The van der Waals surface area contributed by atoms with Crippen molar-refractivity contribution in [1.29, 1.82) is 0 Å². The number of cyclic esters (lactones) is 1. The fourth-order valence-electron chi connectivity index (χ4n) is 2.41. The van der Waals surface area contributed by atoms with Crippen molar-refractivity contribution in [1.82, 2.24) is 0 Å². The van der Waals surface area contributed by atoms with Crippen LogP contribution in [0.4, 0.5) is 0 Å². The first-order valence-electron chi connectivity index (χ1n) is 7.55. The van der Waals surface area contributed by atoms with Crippen molar-refractivity contribution in [2.75, 3.05) is 6.61 Å². The van der Waals surface area contributed by atoms with E-state index in [1.54, 1.807) is 24.3 Å². The Hall–Kier alpha value is -1.40. The zero-order valence-corrected chi connectivity index (χ0v) is 13.8. The van der Waals surface area contributed by atoms with Gasteiger partial charge in [0.1, 0.15) is 6.10 Å². The van der Waals surface area contributed by atoms with E-state index in [2.05, 4.69) is 0 Å². The van der Waals surface area contributed by atoms with Crippen LogP contribution in [0.15, 0.2) is 29.2 Å². The molecule has 0 N–H and O–H groups in total. The first kappa shape index (κ1) is 17.0. The van der Waals surface area contributed by atoms with Crippen molar-refractivity contribution < 1.29 is 22.1 Å². The van der Waals surface area contributed by atoms with Crippen molar-refractivity contribution >= 4 is 16.1 Å². The second-order valence-electron chi connectivity index (χ2n) is 5.78. The van der Waals surface area contributed by atoms with Crippen LogP contribution in [0.25, 0.3) is 0 Å². The minimum Gasteiger partial charge on any atom is -0.462 e. The fraction of sp³-hybridized carbons (Fsp3) is 0.562. The number of aryl methyl sites for hydroxylation is 1. The van der Waals surface area contributed by atoms with Gasteiger partial charge in [-0.2, -0.15) is 8.42 Å². The number of rotatable bonds is 7. The van der Waals surface area contributed by atoms with E-state index in [0.29, 0.717) is 6.42 Å². The standard InChI is InChI=1S/C16H22O5S/c1-12-6-8-15(9-7-12)22(18,19)20-10-4-3-5-14-11-13(2)16(17)21-14/h6-9,13-14H,3-5,10-11H2,1-2H3. The first-order chi connectivity index (χ1) is 10.4. The van der Waals surface area contributed by atoms with Crippen molar-refractivity contribution in [3.8, 4) is 0 Å².